The van der Waals surface area contributed by atoms with Gasteiger partial charge >= 0.3 is 0 Å². The summed E-state index contributed by atoms with van der Waals surface area (Å²) in [6, 6.07) is 7.03. The average Bonchev–Trinajstić information content (AvgIpc) is 2.30. The lowest BCUT2D eigenvalue weighted by Gasteiger charge is -2.12. The van der Waals surface area contributed by atoms with Gasteiger partial charge < -0.3 is 5.73 Å². The minimum Gasteiger partial charge on any atom is -0.398 e. The molecule has 1 atom stereocenters. The maximum Gasteiger partial charge on any atom is 0.215 e. The molecule has 0 aliphatic heterocycles. The van der Waals surface area contributed by atoms with E-state index in [0.717, 1.165) is 5.75 Å². The molecule has 0 aliphatic carbocycles. The monoisotopic (exact) mass is 288 g/mol. The summed E-state index contributed by atoms with van der Waals surface area (Å²) in [5.41, 5.74) is 6.89. The van der Waals surface area contributed by atoms with E-state index in [2.05, 4.69) is 4.72 Å². The number of nitrogens with two attached hydrogens (primary N) is 1. The lowest BCUT2D eigenvalue weighted by Crippen LogP contribution is -2.30. The Morgan fingerprint density at radius 2 is 2.06 bits per heavy atom. The Morgan fingerprint density at radius 3 is 2.67 bits per heavy atom. The van der Waals surface area contributed by atoms with Crippen LogP contribution >= 0.6 is 11.8 Å². The van der Waals surface area contributed by atoms with Crippen molar-refractivity contribution >= 4 is 27.5 Å². The molecule has 0 saturated carbocycles. The van der Waals surface area contributed by atoms with Crippen LogP contribution in [0.1, 0.15) is 12.5 Å². The van der Waals surface area contributed by atoms with Crippen LogP contribution in [0.4, 0.5) is 5.69 Å². The van der Waals surface area contributed by atoms with Crippen LogP contribution in [0.2, 0.25) is 0 Å². The van der Waals surface area contributed by atoms with Crippen molar-refractivity contribution in [2.45, 2.75) is 12.7 Å². The van der Waals surface area contributed by atoms with Gasteiger partial charge in [-0.15, -0.1) is 0 Å². The van der Waals surface area contributed by atoms with Crippen molar-refractivity contribution in [1.29, 1.82) is 0 Å². The Labute approximate surface area is 113 Å². The van der Waals surface area contributed by atoms with Gasteiger partial charge in [-0.1, -0.05) is 25.1 Å². The maximum absolute atomic E-state index is 11.9. The molecule has 1 aromatic carbocycles. The molecular formula is C12H20N2O2S2. The van der Waals surface area contributed by atoms with E-state index in [1.807, 2.05) is 13.2 Å². The summed E-state index contributed by atoms with van der Waals surface area (Å²) >= 11 is 1.71. The first kappa shape index (κ1) is 15.3. The number of nitrogens with one attached hydrogen (secondary N) is 1. The van der Waals surface area contributed by atoms with Crippen LogP contribution in [0.3, 0.4) is 0 Å². The second-order valence-corrected chi connectivity index (χ2v) is 7.08. The SMILES string of the molecule is CSCC(C)CNS(=O)(=O)Cc1ccccc1N. The standard InChI is InChI=1S/C12H20N2O2S2/c1-10(8-17-2)7-14-18(15,16)9-11-5-3-4-6-12(11)13/h3-6,10,14H,7-9,13H2,1-2H3. The summed E-state index contributed by atoms with van der Waals surface area (Å²) < 4.78 is 26.4. The largest absolute Gasteiger partial charge is 0.398 e. The van der Waals surface area contributed by atoms with Crippen LogP contribution in [0.5, 0.6) is 0 Å². The predicted octanol–water partition coefficient (Wildman–Crippen LogP) is 1.69. The summed E-state index contributed by atoms with van der Waals surface area (Å²) in [5.74, 6) is 1.20. The molecule has 102 valence electrons. The highest BCUT2D eigenvalue weighted by molar-refractivity contribution is 7.98. The molecule has 0 amide bonds. The lowest BCUT2D eigenvalue weighted by atomic mass is 10.2. The Kier molecular flexibility index (Phi) is 5.98. The van der Waals surface area contributed by atoms with Crippen LogP contribution < -0.4 is 10.5 Å². The highest BCUT2D eigenvalue weighted by atomic mass is 32.2. The van der Waals surface area contributed by atoms with Gasteiger partial charge in [0.05, 0.1) is 5.75 Å². The van der Waals surface area contributed by atoms with E-state index < -0.39 is 10.0 Å². The van der Waals surface area contributed by atoms with E-state index in [-0.39, 0.29) is 5.75 Å². The third-order valence-electron chi connectivity index (χ3n) is 2.50. The van der Waals surface area contributed by atoms with E-state index in [4.69, 9.17) is 5.73 Å². The molecule has 0 saturated heterocycles. The first-order valence-corrected chi connectivity index (χ1v) is 8.79. The second-order valence-electron chi connectivity index (χ2n) is 4.37. The number of hydrogen-bond donors (Lipinski definition) is 2. The van der Waals surface area contributed by atoms with Gasteiger partial charge in [0.25, 0.3) is 0 Å². The predicted molar refractivity (Wildman–Crippen MR) is 79.0 cm³/mol. The van der Waals surface area contributed by atoms with Crippen LogP contribution in [0.15, 0.2) is 24.3 Å². The molecule has 0 fully saturated rings. The van der Waals surface area contributed by atoms with Crippen molar-refractivity contribution in [3.63, 3.8) is 0 Å². The number of anilines is 1. The molecule has 0 spiro atoms. The number of benzene rings is 1. The van der Waals surface area contributed by atoms with Crippen LogP contribution in [-0.4, -0.2) is 27.0 Å². The Hall–Kier alpha value is -0.720. The second kappa shape index (κ2) is 7.01. The molecule has 1 rings (SSSR count). The first-order valence-electron chi connectivity index (χ1n) is 5.74. The Balaban J connectivity index is 2.58. The van der Waals surface area contributed by atoms with Crippen molar-refractivity contribution in [2.75, 3.05) is 24.3 Å². The lowest BCUT2D eigenvalue weighted by molar-refractivity contribution is 0.562. The molecule has 0 bridgehead atoms. The Morgan fingerprint density at radius 1 is 1.39 bits per heavy atom. The topological polar surface area (TPSA) is 72.2 Å². The fourth-order valence-corrected chi connectivity index (χ4v) is 3.53. The number of sulfonamides is 1. The summed E-state index contributed by atoms with van der Waals surface area (Å²) in [4.78, 5) is 0. The molecule has 0 aliphatic rings. The fraction of sp³-hybridized carbons (Fsp3) is 0.500. The Bertz CT molecular complexity index is 475. The molecule has 1 unspecified atom stereocenters. The zero-order valence-electron chi connectivity index (χ0n) is 10.7. The van der Waals surface area contributed by atoms with Gasteiger partial charge in [-0.2, -0.15) is 11.8 Å². The van der Waals surface area contributed by atoms with Gasteiger partial charge in [0, 0.05) is 12.2 Å². The van der Waals surface area contributed by atoms with E-state index in [0.29, 0.717) is 23.7 Å². The van der Waals surface area contributed by atoms with E-state index in [1.54, 1.807) is 36.0 Å². The smallest absolute Gasteiger partial charge is 0.215 e. The average molecular weight is 288 g/mol. The molecule has 3 N–H and O–H groups in total. The normalized spacial score (nSPS) is 13.4. The third kappa shape index (κ3) is 5.29. The van der Waals surface area contributed by atoms with Gasteiger partial charge in [-0.3, -0.25) is 0 Å². The molecule has 0 aromatic heterocycles. The molecule has 0 radical (unpaired) electrons. The third-order valence-corrected chi connectivity index (χ3v) is 4.70. The summed E-state index contributed by atoms with van der Waals surface area (Å²) in [7, 11) is -3.31. The number of thioether (sulfide) groups is 1. The van der Waals surface area contributed by atoms with E-state index in [9.17, 15) is 8.42 Å². The van der Waals surface area contributed by atoms with Gasteiger partial charge in [0.2, 0.25) is 10.0 Å². The highest BCUT2D eigenvalue weighted by Gasteiger charge is 2.14. The van der Waals surface area contributed by atoms with Crippen molar-refractivity contribution in [3.05, 3.63) is 29.8 Å². The fourth-order valence-electron chi connectivity index (χ4n) is 1.53. The zero-order chi connectivity index (χ0) is 13.6. The first-order chi connectivity index (χ1) is 8.44. The van der Waals surface area contributed by atoms with Crippen LogP contribution in [0.25, 0.3) is 0 Å². The molecule has 1 aromatic rings. The minimum atomic E-state index is -3.31. The highest BCUT2D eigenvalue weighted by Crippen LogP contribution is 2.13. The van der Waals surface area contributed by atoms with E-state index >= 15 is 0 Å². The zero-order valence-corrected chi connectivity index (χ0v) is 12.4. The van der Waals surface area contributed by atoms with Gasteiger partial charge in [0.1, 0.15) is 0 Å². The van der Waals surface area contributed by atoms with Gasteiger partial charge in [0.15, 0.2) is 0 Å². The van der Waals surface area contributed by atoms with Crippen molar-refractivity contribution < 1.29 is 8.42 Å². The molecule has 18 heavy (non-hydrogen) atoms. The van der Waals surface area contributed by atoms with Gasteiger partial charge in [-0.25, -0.2) is 13.1 Å². The molecular weight excluding hydrogens is 268 g/mol. The quantitative estimate of drug-likeness (QED) is 0.749. The molecule has 0 heterocycles. The van der Waals surface area contributed by atoms with Crippen molar-refractivity contribution in [3.8, 4) is 0 Å². The number of para-hydroxylation sites is 1. The molecule has 4 nitrogen and oxygen atoms in total. The van der Waals surface area contributed by atoms with E-state index in [1.165, 1.54) is 0 Å². The number of rotatable bonds is 7. The minimum absolute atomic E-state index is 0.0638. The molecule has 6 heteroatoms. The summed E-state index contributed by atoms with van der Waals surface area (Å²) in [6.07, 6.45) is 2.01. The van der Waals surface area contributed by atoms with Crippen molar-refractivity contribution in [1.82, 2.24) is 4.72 Å². The van der Waals surface area contributed by atoms with Crippen LogP contribution in [-0.2, 0) is 15.8 Å². The van der Waals surface area contributed by atoms with Crippen molar-refractivity contribution in [2.24, 2.45) is 5.92 Å². The summed E-state index contributed by atoms with van der Waals surface area (Å²) in [6.45, 7) is 2.49. The van der Waals surface area contributed by atoms with Crippen LogP contribution in [0, 0.1) is 5.92 Å². The number of nitrogen functional groups attached to an aromatic ring is 1. The summed E-state index contributed by atoms with van der Waals surface area (Å²) in [5, 5.41) is 0. The van der Waals surface area contributed by atoms with Gasteiger partial charge in [-0.05, 0) is 29.6 Å². The maximum atomic E-state index is 11.9. The number of hydrogen-bond acceptors (Lipinski definition) is 4.